The van der Waals surface area contributed by atoms with E-state index in [0.29, 0.717) is 22.8 Å². The fourth-order valence-electron chi connectivity index (χ4n) is 2.47. The first-order valence-corrected chi connectivity index (χ1v) is 8.10. The van der Waals surface area contributed by atoms with E-state index in [1.807, 2.05) is 19.2 Å². The molecule has 0 spiro atoms. The molecule has 0 saturated heterocycles. The van der Waals surface area contributed by atoms with Gasteiger partial charge in [-0.25, -0.2) is 0 Å². The Kier molecular flexibility index (Phi) is 6.38. The van der Waals surface area contributed by atoms with Gasteiger partial charge < -0.3 is 20.7 Å². The average molecular weight is 363 g/mol. The van der Waals surface area contributed by atoms with E-state index in [0.717, 1.165) is 16.2 Å². The third-order valence-electron chi connectivity index (χ3n) is 3.65. The van der Waals surface area contributed by atoms with Crippen molar-refractivity contribution in [1.82, 2.24) is 0 Å². The minimum atomic E-state index is -0.502. The number of nitrogens with one attached hydrogen (secondary N) is 2. The van der Waals surface area contributed by atoms with Gasteiger partial charge in [-0.3, -0.25) is 9.59 Å². The van der Waals surface area contributed by atoms with E-state index < -0.39 is 5.91 Å². The summed E-state index contributed by atoms with van der Waals surface area (Å²) >= 11 is 6.03. The summed E-state index contributed by atoms with van der Waals surface area (Å²) in [6, 6.07) is 11.9. The molecule has 7 heteroatoms. The zero-order chi connectivity index (χ0) is 18.4. The quantitative estimate of drug-likeness (QED) is 0.689. The number of quaternary nitrogens is 1. The first-order chi connectivity index (χ1) is 11.9. The standard InChI is InChI=1S/C18H20ClN3O3/c1-22(10-13-9-14(19)5-8-16(13)25-2)11-17(23)21-15-6-3-12(4-7-15)18(20)24/h3-9H,10-11H2,1-2H3,(H2,20,24)(H,21,23)/p+1. The highest BCUT2D eigenvalue weighted by Gasteiger charge is 2.14. The number of likely N-dealkylation sites (N-methyl/N-ethyl adjacent to an activating group) is 1. The topological polar surface area (TPSA) is 85.9 Å². The Morgan fingerprint density at radius 1 is 1.20 bits per heavy atom. The molecular formula is C18H21ClN3O3+. The molecule has 2 aromatic rings. The number of methoxy groups -OCH3 is 1. The number of benzene rings is 2. The number of carbonyl (C=O) groups is 2. The normalized spacial score (nSPS) is 11.6. The second-order valence-electron chi connectivity index (χ2n) is 5.76. The summed E-state index contributed by atoms with van der Waals surface area (Å²) < 4.78 is 5.32. The molecule has 0 saturated carbocycles. The van der Waals surface area contributed by atoms with Crippen LogP contribution in [0.1, 0.15) is 15.9 Å². The average Bonchev–Trinajstić information content (AvgIpc) is 2.55. The van der Waals surface area contributed by atoms with Gasteiger partial charge in [0.05, 0.1) is 14.2 Å². The molecule has 0 fully saturated rings. The van der Waals surface area contributed by atoms with Gasteiger partial charge in [0, 0.05) is 21.8 Å². The van der Waals surface area contributed by atoms with Crippen molar-refractivity contribution in [2.75, 3.05) is 26.0 Å². The van der Waals surface area contributed by atoms with Crippen molar-refractivity contribution >= 4 is 29.1 Å². The highest BCUT2D eigenvalue weighted by Crippen LogP contribution is 2.21. The third-order valence-corrected chi connectivity index (χ3v) is 3.89. The zero-order valence-electron chi connectivity index (χ0n) is 14.1. The van der Waals surface area contributed by atoms with Crippen LogP contribution in [0, 0.1) is 0 Å². The van der Waals surface area contributed by atoms with E-state index in [4.69, 9.17) is 22.1 Å². The van der Waals surface area contributed by atoms with E-state index in [-0.39, 0.29) is 12.5 Å². The van der Waals surface area contributed by atoms with Crippen LogP contribution >= 0.6 is 11.6 Å². The highest BCUT2D eigenvalue weighted by atomic mass is 35.5. The van der Waals surface area contributed by atoms with Crippen molar-refractivity contribution in [3.05, 3.63) is 58.6 Å². The molecule has 0 heterocycles. The molecule has 2 aromatic carbocycles. The Balaban J connectivity index is 1.94. The Labute approximate surface area is 151 Å². The molecule has 4 N–H and O–H groups in total. The maximum Gasteiger partial charge on any atom is 0.279 e. The van der Waals surface area contributed by atoms with E-state index in [1.165, 1.54) is 0 Å². The maximum absolute atomic E-state index is 12.2. The zero-order valence-corrected chi connectivity index (χ0v) is 14.9. The molecule has 0 aromatic heterocycles. The Morgan fingerprint density at radius 2 is 1.88 bits per heavy atom. The van der Waals surface area contributed by atoms with Gasteiger partial charge in [-0.1, -0.05) is 11.6 Å². The summed E-state index contributed by atoms with van der Waals surface area (Å²) in [5.41, 5.74) is 7.14. The van der Waals surface area contributed by atoms with Gasteiger partial charge in [0.1, 0.15) is 12.3 Å². The van der Waals surface area contributed by atoms with Crippen molar-refractivity contribution < 1.29 is 19.2 Å². The van der Waals surface area contributed by atoms with Crippen LogP contribution in [0.2, 0.25) is 5.02 Å². The number of halogens is 1. The van der Waals surface area contributed by atoms with Gasteiger partial charge in [-0.2, -0.15) is 0 Å². The van der Waals surface area contributed by atoms with Crippen LogP contribution in [0.5, 0.6) is 5.75 Å². The molecule has 2 amide bonds. The van der Waals surface area contributed by atoms with Gasteiger partial charge in [-0.05, 0) is 42.5 Å². The summed E-state index contributed by atoms with van der Waals surface area (Å²) in [5, 5.41) is 3.42. The number of hydrogen-bond acceptors (Lipinski definition) is 3. The number of carbonyl (C=O) groups excluding carboxylic acids is 2. The SMILES string of the molecule is COc1ccc(Cl)cc1C[NH+](C)CC(=O)Nc1ccc(C(N)=O)cc1. The molecule has 0 aliphatic heterocycles. The summed E-state index contributed by atoms with van der Waals surface area (Å²) in [4.78, 5) is 24.2. The van der Waals surface area contributed by atoms with Crippen LogP contribution in [0.4, 0.5) is 5.69 Å². The molecule has 1 unspecified atom stereocenters. The maximum atomic E-state index is 12.2. The smallest absolute Gasteiger partial charge is 0.279 e. The molecule has 0 aliphatic carbocycles. The summed E-state index contributed by atoms with van der Waals surface area (Å²) in [7, 11) is 3.51. The van der Waals surface area contributed by atoms with Crippen LogP contribution in [-0.4, -0.2) is 32.5 Å². The van der Waals surface area contributed by atoms with Gasteiger partial charge in [0.2, 0.25) is 5.91 Å². The highest BCUT2D eigenvalue weighted by molar-refractivity contribution is 6.30. The molecular weight excluding hydrogens is 342 g/mol. The lowest BCUT2D eigenvalue weighted by Crippen LogP contribution is -3.08. The second-order valence-corrected chi connectivity index (χ2v) is 6.19. The number of nitrogens with two attached hydrogens (primary N) is 1. The van der Waals surface area contributed by atoms with Crippen LogP contribution in [0.3, 0.4) is 0 Å². The molecule has 0 radical (unpaired) electrons. The minimum absolute atomic E-state index is 0.134. The third kappa shape index (κ3) is 5.48. The Hall–Kier alpha value is -2.57. The monoisotopic (exact) mass is 362 g/mol. The predicted octanol–water partition coefficient (Wildman–Crippen LogP) is 1.10. The van der Waals surface area contributed by atoms with Gasteiger partial charge >= 0.3 is 0 Å². The molecule has 1 atom stereocenters. The van der Waals surface area contributed by atoms with Crippen LogP contribution < -0.4 is 20.7 Å². The molecule has 0 bridgehead atoms. The summed E-state index contributed by atoms with van der Waals surface area (Å²) in [6.45, 7) is 0.866. The van der Waals surface area contributed by atoms with Gasteiger partial charge in [0.25, 0.3) is 5.91 Å². The van der Waals surface area contributed by atoms with E-state index in [9.17, 15) is 9.59 Å². The number of amides is 2. The fraction of sp³-hybridized carbons (Fsp3) is 0.222. The van der Waals surface area contributed by atoms with Crippen molar-refractivity contribution in [2.24, 2.45) is 5.73 Å². The molecule has 6 nitrogen and oxygen atoms in total. The van der Waals surface area contributed by atoms with E-state index in [2.05, 4.69) is 5.32 Å². The van der Waals surface area contributed by atoms with Crippen molar-refractivity contribution in [3.8, 4) is 5.75 Å². The van der Waals surface area contributed by atoms with Crippen LogP contribution in [0.25, 0.3) is 0 Å². The van der Waals surface area contributed by atoms with Gasteiger partial charge in [0.15, 0.2) is 6.54 Å². The number of rotatable bonds is 7. The van der Waals surface area contributed by atoms with Crippen molar-refractivity contribution in [2.45, 2.75) is 6.54 Å². The summed E-state index contributed by atoms with van der Waals surface area (Å²) in [5.74, 6) is 0.106. The Bertz CT molecular complexity index is 763. The summed E-state index contributed by atoms with van der Waals surface area (Å²) in [6.07, 6.45) is 0. The first-order valence-electron chi connectivity index (χ1n) is 7.72. The lowest BCUT2D eigenvalue weighted by Gasteiger charge is -2.16. The van der Waals surface area contributed by atoms with Gasteiger partial charge in [-0.15, -0.1) is 0 Å². The molecule has 2 rings (SSSR count). The lowest BCUT2D eigenvalue weighted by atomic mass is 10.2. The van der Waals surface area contributed by atoms with Crippen LogP contribution in [0.15, 0.2) is 42.5 Å². The second kappa shape index (κ2) is 8.50. The number of hydrogen-bond donors (Lipinski definition) is 3. The van der Waals surface area contributed by atoms with Crippen molar-refractivity contribution in [1.29, 1.82) is 0 Å². The first kappa shape index (κ1) is 18.8. The van der Waals surface area contributed by atoms with E-state index >= 15 is 0 Å². The fourth-order valence-corrected chi connectivity index (χ4v) is 2.66. The number of anilines is 1. The number of ether oxygens (including phenoxy) is 1. The lowest BCUT2D eigenvalue weighted by molar-refractivity contribution is -0.885. The minimum Gasteiger partial charge on any atom is -0.496 e. The molecule has 25 heavy (non-hydrogen) atoms. The molecule has 0 aliphatic rings. The predicted molar refractivity (Wildman–Crippen MR) is 97.1 cm³/mol. The Morgan fingerprint density at radius 3 is 2.48 bits per heavy atom. The van der Waals surface area contributed by atoms with E-state index in [1.54, 1.807) is 37.4 Å². The van der Waals surface area contributed by atoms with Crippen LogP contribution in [-0.2, 0) is 11.3 Å². The molecule has 132 valence electrons. The number of primary amides is 1. The largest absolute Gasteiger partial charge is 0.496 e. The van der Waals surface area contributed by atoms with Crippen molar-refractivity contribution in [3.63, 3.8) is 0 Å².